The summed E-state index contributed by atoms with van der Waals surface area (Å²) < 4.78 is 21.1. The molecule has 0 aliphatic rings. The number of hydrogen-bond donors (Lipinski definition) is 8. The first kappa shape index (κ1) is 41.6. The lowest BCUT2D eigenvalue weighted by atomic mass is 10.1. The van der Waals surface area contributed by atoms with Crippen LogP contribution in [0.15, 0.2) is 0 Å². The van der Waals surface area contributed by atoms with E-state index in [1.165, 1.54) is 6.92 Å². The molecule has 3 atom stereocenters. The van der Waals surface area contributed by atoms with Gasteiger partial charge < -0.3 is 62.1 Å². The van der Waals surface area contributed by atoms with Gasteiger partial charge in [0, 0.05) is 32.6 Å². The van der Waals surface area contributed by atoms with Gasteiger partial charge in [0.1, 0.15) is 19.3 Å². The van der Waals surface area contributed by atoms with Gasteiger partial charge in [-0.25, -0.2) is 0 Å². The number of ether oxygens (including phenoxy) is 4. The number of hydrogen-bond acceptors (Lipinski definition) is 12. The topological polar surface area (TPSA) is 272 Å². The van der Waals surface area contributed by atoms with E-state index in [0.717, 1.165) is 0 Å². The average Bonchev–Trinajstić information content (AvgIpc) is 2.99. The van der Waals surface area contributed by atoms with Gasteiger partial charge in [-0.3, -0.25) is 28.8 Å². The van der Waals surface area contributed by atoms with Crippen molar-refractivity contribution in [3.8, 4) is 0 Å². The Hall–Kier alpha value is -3.42. The minimum absolute atomic E-state index is 0.120. The first-order valence-electron chi connectivity index (χ1n) is 14.9. The fourth-order valence-corrected chi connectivity index (χ4v) is 3.43. The van der Waals surface area contributed by atoms with Gasteiger partial charge in [0.2, 0.25) is 35.9 Å². The van der Waals surface area contributed by atoms with Crippen LogP contribution in [-0.4, -0.2) is 138 Å². The highest BCUT2D eigenvalue weighted by molar-refractivity contribution is 5.89. The van der Waals surface area contributed by atoms with Crippen LogP contribution in [0.25, 0.3) is 0 Å². The monoisotopic (exact) mass is 649 g/mol. The van der Waals surface area contributed by atoms with Crippen molar-refractivity contribution in [2.75, 3.05) is 79.0 Å². The van der Waals surface area contributed by atoms with Gasteiger partial charge in [-0.1, -0.05) is 0 Å². The highest BCUT2D eigenvalue weighted by atomic mass is 16.5. The Bertz CT molecular complexity index is 865. The van der Waals surface area contributed by atoms with Crippen LogP contribution in [-0.2, 0) is 47.7 Å². The smallest absolute Gasteiger partial charge is 0.246 e. The summed E-state index contributed by atoms with van der Waals surface area (Å²) in [5.41, 5.74) is 10.9. The summed E-state index contributed by atoms with van der Waals surface area (Å²) in [6, 6.07) is -2.10. The number of nitrogens with two attached hydrogens (primary N) is 2. The lowest BCUT2D eigenvalue weighted by Gasteiger charge is -2.20. The van der Waals surface area contributed by atoms with Crippen molar-refractivity contribution in [1.82, 2.24) is 26.6 Å². The van der Waals surface area contributed by atoms with Crippen molar-refractivity contribution in [2.45, 2.75) is 57.2 Å². The van der Waals surface area contributed by atoms with Crippen molar-refractivity contribution in [3.63, 3.8) is 0 Å². The number of unbranched alkanes of at least 4 members (excludes halogenated alkanes) is 1. The molecule has 0 aromatic rings. The third-order valence-corrected chi connectivity index (χ3v) is 5.84. The lowest BCUT2D eigenvalue weighted by molar-refractivity contribution is -0.130. The molecule has 45 heavy (non-hydrogen) atoms. The average molecular weight is 650 g/mol. The van der Waals surface area contributed by atoms with Crippen molar-refractivity contribution in [2.24, 2.45) is 11.5 Å². The maximum Gasteiger partial charge on any atom is 0.246 e. The molecule has 0 bridgehead atoms. The molecule has 0 saturated carbocycles. The highest BCUT2D eigenvalue weighted by Crippen LogP contribution is 2.00. The molecule has 0 aromatic heterocycles. The SMILES string of the molecule is CC(O)C(NC(=O)C(N)CCCCNC(=O)COCCOCCNC(=O)COCCOCCNC(=O)CCCNC=O)C(N)=O. The predicted octanol–water partition coefficient (Wildman–Crippen LogP) is -4.22. The Balaban J connectivity index is 3.55. The summed E-state index contributed by atoms with van der Waals surface area (Å²) in [7, 11) is 0. The van der Waals surface area contributed by atoms with Crippen molar-refractivity contribution < 1.29 is 52.8 Å². The van der Waals surface area contributed by atoms with Crippen LogP contribution in [0.1, 0.15) is 39.0 Å². The quantitative estimate of drug-likeness (QED) is 0.0272. The van der Waals surface area contributed by atoms with E-state index in [1.807, 2.05) is 0 Å². The lowest BCUT2D eigenvalue weighted by Crippen LogP contribution is -2.54. The third-order valence-electron chi connectivity index (χ3n) is 5.84. The molecule has 0 rings (SSSR count). The van der Waals surface area contributed by atoms with Gasteiger partial charge in [0.25, 0.3) is 0 Å². The van der Waals surface area contributed by atoms with Crippen LogP contribution in [0.4, 0.5) is 0 Å². The van der Waals surface area contributed by atoms with E-state index < -0.39 is 30.0 Å². The molecule has 0 radical (unpaired) electrons. The minimum atomic E-state index is -1.21. The maximum atomic E-state index is 12.0. The second-order valence-corrected chi connectivity index (χ2v) is 9.79. The number of carbonyl (C=O) groups excluding carboxylic acids is 6. The largest absolute Gasteiger partial charge is 0.391 e. The van der Waals surface area contributed by atoms with Gasteiger partial charge >= 0.3 is 0 Å². The number of aliphatic hydroxyl groups excluding tert-OH is 1. The predicted molar refractivity (Wildman–Crippen MR) is 160 cm³/mol. The third kappa shape index (κ3) is 25.6. The molecule has 260 valence electrons. The van der Waals surface area contributed by atoms with E-state index in [1.54, 1.807) is 0 Å². The molecular weight excluding hydrogens is 598 g/mol. The summed E-state index contributed by atoms with van der Waals surface area (Å²) in [5, 5.41) is 22.3. The van der Waals surface area contributed by atoms with Crippen LogP contribution in [0.2, 0.25) is 0 Å². The first-order valence-corrected chi connectivity index (χ1v) is 14.9. The van der Waals surface area contributed by atoms with Crippen molar-refractivity contribution >= 4 is 35.9 Å². The summed E-state index contributed by atoms with van der Waals surface area (Å²) >= 11 is 0. The first-order chi connectivity index (χ1) is 21.6. The van der Waals surface area contributed by atoms with E-state index in [2.05, 4.69) is 26.6 Å². The van der Waals surface area contributed by atoms with Gasteiger partial charge in [-0.05, 0) is 32.6 Å². The van der Waals surface area contributed by atoms with E-state index in [9.17, 15) is 33.9 Å². The summed E-state index contributed by atoms with van der Waals surface area (Å²) in [4.78, 5) is 68.5. The van der Waals surface area contributed by atoms with Crippen molar-refractivity contribution in [3.05, 3.63) is 0 Å². The normalized spacial score (nSPS) is 12.8. The van der Waals surface area contributed by atoms with E-state index in [0.29, 0.717) is 64.8 Å². The number of carbonyl (C=O) groups is 6. The molecular formula is C27H51N7O11. The molecule has 0 fully saturated rings. The van der Waals surface area contributed by atoms with Gasteiger partial charge in [0.15, 0.2) is 0 Å². The van der Waals surface area contributed by atoms with Crippen LogP contribution in [0.3, 0.4) is 0 Å². The Kier molecular flexibility index (Phi) is 25.9. The zero-order valence-electron chi connectivity index (χ0n) is 26.0. The Morgan fingerprint density at radius 2 is 1.27 bits per heavy atom. The van der Waals surface area contributed by atoms with Gasteiger partial charge in [0.05, 0.1) is 51.8 Å². The summed E-state index contributed by atoms with van der Waals surface area (Å²) in [5.74, 6) is -2.18. The van der Waals surface area contributed by atoms with Crippen LogP contribution in [0, 0.1) is 0 Å². The molecule has 6 amide bonds. The van der Waals surface area contributed by atoms with Gasteiger partial charge in [-0.15, -0.1) is 0 Å². The molecule has 3 unspecified atom stereocenters. The molecule has 10 N–H and O–H groups in total. The van der Waals surface area contributed by atoms with Gasteiger partial charge in [-0.2, -0.15) is 0 Å². The van der Waals surface area contributed by atoms with E-state index in [-0.39, 0.29) is 70.5 Å². The van der Waals surface area contributed by atoms with Crippen LogP contribution in [0.5, 0.6) is 0 Å². The standard InChI is InChI=1S/C27H51N7O11/c1-20(36)25(26(29)40)34-27(41)21(28)5-2-3-8-31-23(38)17-44-15-14-43-12-10-33-24(39)18-45-16-13-42-11-9-32-22(37)6-4-7-30-19-35/h19-21,25,36H,2-18,28H2,1H3,(H2,29,40)(H,30,35)(H,31,38)(H,32,37)(H,33,39)(H,34,41). The van der Waals surface area contributed by atoms with E-state index >= 15 is 0 Å². The second-order valence-electron chi connectivity index (χ2n) is 9.79. The molecule has 0 aliphatic heterocycles. The highest BCUT2D eigenvalue weighted by Gasteiger charge is 2.25. The fraction of sp³-hybridized carbons (Fsp3) is 0.778. The van der Waals surface area contributed by atoms with Crippen LogP contribution < -0.4 is 38.1 Å². The zero-order valence-corrected chi connectivity index (χ0v) is 26.0. The van der Waals surface area contributed by atoms with Crippen molar-refractivity contribution in [1.29, 1.82) is 0 Å². The molecule has 18 nitrogen and oxygen atoms in total. The number of amides is 6. The molecule has 0 spiro atoms. The molecule has 0 aromatic carbocycles. The Labute approximate surface area is 263 Å². The molecule has 18 heteroatoms. The summed E-state index contributed by atoms with van der Waals surface area (Å²) in [6.07, 6.45) is 1.76. The maximum absolute atomic E-state index is 12.0. The number of rotatable bonds is 30. The minimum Gasteiger partial charge on any atom is -0.391 e. The summed E-state index contributed by atoms with van der Waals surface area (Å²) in [6.45, 7) is 4.00. The number of nitrogens with one attached hydrogen (secondary N) is 5. The molecule has 0 aliphatic carbocycles. The fourth-order valence-electron chi connectivity index (χ4n) is 3.43. The molecule has 0 saturated heterocycles. The number of aliphatic hydroxyl groups is 1. The van der Waals surface area contributed by atoms with E-state index in [4.69, 9.17) is 30.4 Å². The molecule has 0 heterocycles. The second kappa shape index (κ2) is 28.1. The Morgan fingerprint density at radius 1 is 0.733 bits per heavy atom. The zero-order chi connectivity index (χ0) is 33.7. The Morgan fingerprint density at radius 3 is 1.80 bits per heavy atom. The van der Waals surface area contributed by atoms with Crippen LogP contribution >= 0.6 is 0 Å². The number of primary amides is 1.